The van der Waals surface area contributed by atoms with Crippen molar-refractivity contribution in [3.63, 3.8) is 0 Å². The molecule has 66 heavy (non-hydrogen) atoms. The Bertz CT molecular complexity index is 2510. The second-order valence-corrected chi connectivity index (χ2v) is 19.2. The first kappa shape index (κ1) is 49.2. The summed E-state index contributed by atoms with van der Waals surface area (Å²) in [5.41, 5.74) is 6.64. The van der Waals surface area contributed by atoms with Gasteiger partial charge in [0.05, 0.1) is 30.0 Å². The van der Waals surface area contributed by atoms with Crippen molar-refractivity contribution in [3.8, 4) is 11.3 Å². The summed E-state index contributed by atoms with van der Waals surface area (Å²) in [4.78, 5) is 67.9. The van der Waals surface area contributed by atoms with E-state index in [1.807, 2.05) is 17.8 Å². The molecule has 1 atom stereocenters. The number of hydrogen-bond acceptors (Lipinski definition) is 10. The van der Waals surface area contributed by atoms with Crippen molar-refractivity contribution in [2.24, 2.45) is 10.8 Å². The number of amides is 4. The molecule has 352 valence electrons. The molecule has 16 heteroatoms. The van der Waals surface area contributed by atoms with Crippen LogP contribution in [0, 0.1) is 16.6 Å². The quantitative estimate of drug-likeness (QED) is 0.0379. The molecule has 2 aromatic heterocycles. The van der Waals surface area contributed by atoms with Crippen LogP contribution in [0.4, 0.5) is 10.1 Å². The fraction of sp³-hybridized carbons (Fsp3) is 0.460. The van der Waals surface area contributed by atoms with Crippen molar-refractivity contribution in [1.29, 1.82) is 0 Å². The minimum absolute atomic E-state index is 0.0803. The first-order valence-corrected chi connectivity index (χ1v) is 22.7. The van der Waals surface area contributed by atoms with Gasteiger partial charge in [0.25, 0.3) is 11.8 Å². The zero-order chi connectivity index (χ0) is 47.6. The van der Waals surface area contributed by atoms with E-state index in [2.05, 4.69) is 95.2 Å². The average molecular weight is 906 g/mol. The van der Waals surface area contributed by atoms with Gasteiger partial charge in [-0.15, -0.1) is 5.10 Å². The summed E-state index contributed by atoms with van der Waals surface area (Å²) in [7, 11) is 3.76. The van der Waals surface area contributed by atoms with Crippen molar-refractivity contribution in [1.82, 2.24) is 40.4 Å². The summed E-state index contributed by atoms with van der Waals surface area (Å²) in [6.07, 6.45) is 6.95. The van der Waals surface area contributed by atoms with E-state index in [0.717, 1.165) is 60.3 Å². The van der Waals surface area contributed by atoms with E-state index in [1.165, 1.54) is 22.6 Å². The van der Waals surface area contributed by atoms with Crippen molar-refractivity contribution < 1.29 is 33.1 Å². The van der Waals surface area contributed by atoms with Crippen LogP contribution >= 0.6 is 0 Å². The number of aromatic nitrogens is 4. The van der Waals surface area contributed by atoms with Crippen LogP contribution in [0.25, 0.3) is 22.2 Å². The number of benzene rings is 3. The number of ether oxygens (including phenoxy) is 1. The first-order chi connectivity index (χ1) is 31.5. The number of carbonyl (C=O) groups excluding carboxylic acids is 5. The van der Waals surface area contributed by atoms with E-state index >= 15 is 0 Å². The minimum atomic E-state index is -0.434. The van der Waals surface area contributed by atoms with Crippen LogP contribution in [0.3, 0.4) is 0 Å². The molecule has 1 unspecified atom stereocenters. The van der Waals surface area contributed by atoms with E-state index in [9.17, 15) is 28.4 Å². The maximum Gasteiger partial charge on any atom is 0.256 e. The minimum Gasteiger partial charge on any atom is -0.384 e. The molecule has 0 bridgehead atoms. The van der Waals surface area contributed by atoms with Gasteiger partial charge in [-0.1, -0.05) is 69.3 Å². The van der Waals surface area contributed by atoms with E-state index in [1.54, 1.807) is 25.2 Å². The second-order valence-electron chi connectivity index (χ2n) is 19.2. The molecule has 4 amide bonds. The van der Waals surface area contributed by atoms with E-state index in [-0.39, 0.29) is 46.2 Å². The van der Waals surface area contributed by atoms with Crippen molar-refractivity contribution in [2.75, 3.05) is 52.3 Å². The zero-order valence-corrected chi connectivity index (χ0v) is 39.3. The SMILES string of the molecule is CC(CCC(=O)NC=O)N(C)C(=O)c1c(C=O)cccc1NCC(C)(C)COCC(C)(C)Cn1cc(CCCCN(C)Cc2ccc(-c3[nH]c4cc(F)cc5c4c3CCNC5=O)cc2)nn1. The zero-order valence-electron chi connectivity index (χ0n) is 39.3. The largest absolute Gasteiger partial charge is 0.384 e. The number of imide groups is 1. The van der Waals surface area contributed by atoms with Gasteiger partial charge < -0.3 is 30.2 Å². The summed E-state index contributed by atoms with van der Waals surface area (Å²) in [6, 6.07) is 16.0. The van der Waals surface area contributed by atoms with Gasteiger partial charge in [-0.25, -0.2) is 4.39 Å². The predicted octanol–water partition coefficient (Wildman–Crippen LogP) is 6.81. The molecule has 0 aliphatic carbocycles. The van der Waals surface area contributed by atoms with Gasteiger partial charge in [-0.3, -0.25) is 34.0 Å². The lowest BCUT2D eigenvalue weighted by Crippen LogP contribution is -2.37. The van der Waals surface area contributed by atoms with E-state index in [0.29, 0.717) is 75.2 Å². The van der Waals surface area contributed by atoms with Crippen LogP contribution < -0.4 is 16.0 Å². The third-order valence-electron chi connectivity index (χ3n) is 12.1. The highest BCUT2D eigenvalue weighted by Crippen LogP contribution is 2.35. The summed E-state index contributed by atoms with van der Waals surface area (Å²) < 4.78 is 22.5. The molecular weight excluding hydrogens is 842 g/mol. The predicted molar refractivity (Wildman–Crippen MR) is 253 cm³/mol. The summed E-state index contributed by atoms with van der Waals surface area (Å²) >= 11 is 0. The monoisotopic (exact) mass is 905 g/mol. The third kappa shape index (κ3) is 12.8. The molecule has 5 aromatic rings. The fourth-order valence-corrected chi connectivity index (χ4v) is 8.40. The molecule has 6 rings (SSSR count). The van der Waals surface area contributed by atoms with Crippen LogP contribution in [-0.4, -0.2) is 113 Å². The lowest BCUT2D eigenvalue weighted by atomic mass is 9.92. The van der Waals surface area contributed by atoms with Gasteiger partial charge in [-0.2, -0.15) is 0 Å². The van der Waals surface area contributed by atoms with Crippen LogP contribution in [0.5, 0.6) is 0 Å². The van der Waals surface area contributed by atoms with E-state index in [4.69, 9.17) is 4.74 Å². The number of aryl methyl sites for hydroxylation is 1. The molecule has 1 aliphatic heterocycles. The van der Waals surface area contributed by atoms with Gasteiger partial charge in [-0.05, 0) is 87.5 Å². The molecule has 0 fully saturated rings. The Labute approximate surface area is 386 Å². The summed E-state index contributed by atoms with van der Waals surface area (Å²) in [6.45, 7) is 14.5. The number of halogens is 1. The van der Waals surface area contributed by atoms with Crippen LogP contribution in [0.15, 0.2) is 60.8 Å². The number of aldehydes is 1. The Hall–Kier alpha value is -6.26. The Morgan fingerprint density at radius 3 is 2.53 bits per heavy atom. The number of nitrogens with one attached hydrogen (secondary N) is 4. The van der Waals surface area contributed by atoms with Gasteiger partial charge in [0.15, 0.2) is 6.29 Å². The molecule has 3 aromatic carbocycles. The third-order valence-corrected chi connectivity index (χ3v) is 12.1. The lowest BCUT2D eigenvalue weighted by molar-refractivity contribution is -0.125. The molecule has 0 saturated heterocycles. The van der Waals surface area contributed by atoms with Gasteiger partial charge in [0.2, 0.25) is 12.3 Å². The number of hydrogen-bond donors (Lipinski definition) is 4. The maximum absolute atomic E-state index is 14.3. The number of anilines is 1. The van der Waals surface area contributed by atoms with Gasteiger partial charge >= 0.3 is 0 Å². The molecular formula is C50H64FN9O6. The summed E-state index contributed by atoms with van der Waals surface area (Å²) in [5, 5.41) is 18.0. The number of H-pyrrole nitrogens is 1. The van der Waals surface area contributed by atoms with Crippen LogP contribution in [-0.2, 0) is 40.3 Å². The molecule has 15 nitrogen and oxygen atoms in total. The Balaban J connectivity index is 0.915. The standard InChI is InChI=1S/C50H64FN9O6/c1-33(14-19-43(63)54-32-62)59(7)48(65)44-36(27-61)11-10-13-41(44)53-28-49(2,3)30-66-31-50(4,5)29-60-26-38(56-57-60)12-8-9-22-58(6)25-34-15-17-35(18-16-34)46-39-20-21-52-47(64)40-23-37(51)24-42(55-46)45(39)40/h10-11,13,15-18,23-24,26-27,32-33,53,55H,8-9,12,14,19-22,25,28-31H2,1-7H3,(H,52,64)(H,54,62,63). The first-order valence-electron chi connectivity index (χ1n) is 22.7. The van der Waals surface area contributed by atoms with Crippen LogP contribution in [0.2, 0.25) is 0 Å². The van der Waals surface area contributed by atoms with E-state index < -0.39 is 11.7 Å². The Morgan fingerprint density at radius 1 is 1.03 bits per heavy atom. The molecule has 0 saturated carbocycles. The summed E-state index contributed by atoms with van der Waals surface area (Å²) in [5.74, 6) is -1.45. The maximum atomic E-state index is 14.3. The molecule has 0 spiro atoms. The smallest absolute Gasteiger partial charge is 0.256 e. The number of nitrogens with zero attached hydrogens (tertiary/aromatic N) is 5. The molecule has 3 heterocycles. The second kappa shape index (κ2) is 21.8. The van der Waals surface area contributed by atoms with Gasteiger partial charge in [0.1, 0.15) is 5.82 Å². The van der Waals surface area contributed by atoms with Crippen molar-refractivity contribution >= 4 is 47.0 Å². The molecule has 1 aliphatic rings. The highest BCUT2D eigenvalue weighted by atomic mass is 19.1. The molecule has 4 N–H and O–H groups in total. The number of aromatic amines is 1. The Kier molecular flexibility index (Phi) is 16.3. The van der Waals surface area contributed by atoms with Crippen LogP contribution in [0.1, 0.15) is 108 Å². The highest BCUT2D eigenvalue weighted by Gasteiger charge is 2.28. The molecule has 0 radical (unpaired) electrons. The number of rotatable bonds is 24. The van der Waals surface area contributed by atoms with Crippen molar-refractivity contribution in [3.05, 3.63) is 100 Å². The van der Waals surface area contributed by atoms with Gasteiger partial charge in [0, 0.05) is 90.6 Å². The van der Waals surface area contributed by atoms with Crippen molar-refractivity contribution in [2.45, 2.75) is 92.3 Å². The number of unbranched alkanes of at least 4 members (excludes halogenated alkanes) is 1. The average Bonchev–Trinajstić information content (AvgIpc) is 3.83. The Morgan fingerprint density at radius 2 is 1.79 bits per heavy atom. The normalized spacial score (nSPS) is 13.3. The fourth-order valence-electron chi connectivity index (χ4n) is 8.40. The topological polar surface area (TPSA) is 184 Å². The number of carbonyl (C=O) groups is 5. The lowest BCUT2D eigenvalue weighted by Gasteiger charge is -2.30. The highest BCUT2D eigenvalue weighted by molar-refractivity contribution is 6.10.